The molecule has 0 aromatic carbocycles. The van der Waals surface area contributed by atoms with Gasteiger partial charge in [-0.15, -0.1) is 0 Å². The summed E-state index contributed by atoms with van der Waals surface area (Å²) in [4.78, 5) is 33.8. The van der Waals surface area contributed by atoms with Gasteiger partial charge in [0.2, 0.25) is 5.91 Å². The van der Waals surface area contributed by atoms with Crippen molar-refractivity contribution in [2.75, 3.05) is 19.6 Å². The molecule has 0 aliphatic carbocycles. The Hall–Kier alpha value is -2.15. The van der Waals surface area contributed by atoms with Crippen LogP contribution in [-0.2, 0) is 11.2 Å². The van der Waals surface area contributed by atoms with Crippen molar-refractivity contribution in [3.05, 3.63) is 30.1 Å². The molecule has 3 rings (SSSR count). The number of hydrogen-bond acceptors (Lipinski definition) is 4. The molecule has 0 saturated carbocycles. The van der Waals surface area contributed by atoms with Crippen molar-refractivity contribution >= 4 is 11.9 Å². The first-order valence-electron chi connectivity index (χ1n) is 10.4. The van der Waals surface area contributed by atoms with Crippen molar-refractivity contribution in [2.24, 2.45) is 5.92 Å². The van der Waals surface area contributed by atoms with Gasteiger partial charge in [-0.3, -0.25) is 15.1 Å². The van der Waals surface area contributed by atoms with Gasteiger partial charge < -0.3 is 15.1 Å². The van der Waals surface area contributed by atoms with E-state index in [1.54, 1.807) is 6.20 Å². The van der Waals surface area contributed by atoms with Gasteiger partial charge in [-0.25, -0.2) is 4.79 Å². The van der Waals surface area contributed by atoms with Crippen LogP contribution in [0.5, 0.6) is 0 Å². The van der Waals surface area contributed by atoms with E-state index in [4.69, 9.17) is 0 Å². The van der Waals surface area contributed by atoms with Crippen LogP contribution < -0.4 is 10.6 Å². The molecule has 3 amide bonds. The zero-order valence-corrected chi connectivity index (χ0v) is 17.4. The summed E-state index contributed by atoms with van der Waals surface area (Å²) in [5.41, 5.74) is 0.627. The van der Waals surface area contributed by atoms with E-state index in [0.29, 0.717) is 19.6 Å². The summed E-state index contributed by atoms with van der Waals surface area (Å²) in [7, 11) is 0. The zero-order chi connectivity index (χ0) is 20.3. The predicted molar refractivity (Wildman–Crippen MR) is 109 cm³/mol. The number of carbonyl (C=O) groups excluding carboxylic acids is 2. The fourth-order valence-electron chi connectivity index (χ4n) is 4.19. The highest BCUT2D eigenvalue weighted by atomic mass is 16.2. The fraction of sp³-hybridized carbons (Fsp3) is 0.667. The second-order valence-corrected chi connectivity index (χ2v) is 8.55. The normalized spacial score (nSPS) is 21.8. The van der Waals surface area contributed by atoms with Crippen molar-refractivity contribution in [2.45, 2.75) is 64.7 Å². The van der Waals surface area contributed by atoms with Crippen LogP contribution in [0.2, 0.25) is 0 Å². The summed E-state index contributed by atoms with van der Waals surface area (Å²) >= 11 is 0. The summed E-state index contributed by atoms with van der Waals surface area (Å²) in [5, 5.41) is 6.60. The van der Waals surface area contributed by atoms with Crippen molar-refractivity contribution < 1.29 is 9.59 Å². The molecule has 7 heteroatoms. The topological polar surface area (TPSA) is 77.6 Å². The van der Waals surface area contributed by atoms with Gasteiger partial charge in [0, 0.05) is 56.8 Å². The lowest BCUT2D eigenvalue weighted by molar-refractivity contribution is -0.133. The molecule has 2 N–H and O–H groups in total. The molecule has 1 aromatic rings. The van der Waals surface area contributed by atoms with Crippen LogP contribution in [0.3, 0.4) is 0 Å². The Morgan fingerprint density at radius 2 is 2.00 bits per heavy atom. The summed E-state index contributed by atoms with van der Waals surface area (Å²) in [6.45, 7) is 10.0. The van der Waals surface area contributed by atoms with Gasteiger partial charge in [-0.1, -0.05) is 19.9 Å². The van der Waals surface area contributed by atoms with Gasteiger partial charge in [0.25, 0.3) is 0 Å². The summed E-state index contributed by atoms with van der Waals surface area (Å²) in [6.07, 6.45) is 4.02. The zero-order valence-electron chi connectivity index (χ0n) is 17.4. The maximum atomic E-state index is 13.2. The number of piperidine rings is 1. The Balaban J connectivity index is 1.71. The molecule has 154 valence electrons. The molecule has 2 fully saturated rings. The van der Waals surface area contributed by atoms with Crippen molar-refractivity contribution in [3.63, 3.8) is 0 Å². The quantitative estimate of drug-likeness (QED) is 0.810. The molecule has 2 aliphatic heterocycles. The lowest BCUT2D eigenvalue weighted by Crippen LogP contribution is -2.61. The van der Waals surface area contributed by atoms with Gasteiger partial charge in [-0.05, 0) is 31.9 Å². The van der Waals surface area contributed by atoms with E-state index in [2.05, 4.69) is 29.5 Å². The summed E-state index contributed by atoms with van der Waals surface area (Å²) < 4.78 is 0. The SMILES string of the molecule is CC(C)NC(=O)N1CCC2(CC1)N[C@@H](C(C)C)C(=O)N2CCc1ccccn1. The van der Waals surface area contributed by atoms with Crippen molar-refractivity contribution in [1.29, 1.82) is 0 Å². The Morgan fingerprint density at radius 3 is 2.57 bits per heavy atom. The van der Waals surface area contributed by atoms with E-state index in [-0.39, 0.29) is 35.6 Å². The summed E-state index contributed by atoms with van der Waals surface area (Å²) in [6, 6.07) is 5.81. The Bertz CT molecular complexity index is 683. The molecular formula is C21H33N5O2. The van der Waals surface area contributed by atoms with Crippen LogP contribution in [0.25, 0.3) is 0 Å². The Kier molecular flexibility index (Phi) is 6.23. The van der Waals surface area contributed by atoms with Gasteiger partial charge in [0.1, 0.15) is 0 Å². The van der Waals surface area contributed by atoms with Gasteiger partial charge in [-0.2, -0.15) is 0 Å². The van der Waals surface area contributed by atoms with E-state index in [1.807, 2.05) is 41.8 Å². The smallest absolute Gasteiger partial charge is 0.317 e. The number of rotatable bonds is 5. The minimum absolute atomic E-state index is 0.0189. The van der Waals surface area contributed by atoms with Crippen LogP contribution in [0.1, 0.15) is 46.2 Å². The standard InChI is InChI=1S/C21H33N5O2/c1-15(2)18-19(27)26(12-8-17-7-5-6-11-22-17)21(24-18)9-13-25(14-10-21)20(28)23-16(3)4/h5-7,11,15-16,18,24H,8-10,12-14H2,1-4H3,(H,23,28)/t18-/m0/s1. The lowest BCUT2D eigenvalue weighted by atomic mass is 9.95. The van der Waals surface area contributed by atoms with E-state index in [1.165, 1.54) is 0 Å². The lowest BCUT2D eigenvalue weighted by Gasteiger charge is -2.44. The maximum absolute atomic E-state index is 13.2. The van der Waals surface area contributed by atoms with Crippen LogP contribution in [-0.4, -0.2) is 64.1 Å². The molecule has 3 heterocycles. The number of likely N-dealkylation sites (tertiary alicyclic amines) is 1. The average molecular weight is 388 g/mol. The number of urea groups is 1. The third-order valence-corrected chi connectivity index (χ3v) is 5.75. The minimum Gasteiger partial charge on any atom is -0.336 e. The van der Waals surface area contributed by atoms with E-state index >= 15 is 0 Å². The van der Waals surface area contributed by atoms with Crippen LogP contribution in [0.4, 0.5) is 4.79 Å². The number of aromatic nitrogens is 1. The molecule has 0 bridgehead atoms. The minimum atomic E-state index is -0.366. The van der Waals surface area contributed by atoms with Crippen LogP contribution in [0.15, 0.2) is 24.4 Å². The number of amides is 3. The molecule has 2 aliphatic rings. The van der Waals surface area contributed by atoms with Crippen molar-refractivity contribution in [3.8, 4) is 0 Å². The number of nitrogens with zero attached hydrogens (tertiary/aromatic N) is 3. The number of hydrogen-bond donors (Lipinski definition) is 2. The molecule has 7 nitrogen and oxygen atoms in total. The number of nitrogens with one attached hydrogen (secondary N) is 2. The van der Waals surface area contributed by atoms with Gasteiger partial charge in [0.15, 0.2) is 0 Å². The first-order chi connectivity index (χ1) is 13.3. The van der Waals surface area contributed by atoms with Gasteiger partial charge >= 0.3 is 6.03 Å². The molecule has 1 aromatic heterocycles. The fourth-order valence-corrected chi connectivity index (χ4v) is 4.19. The molecule has 1 atom stereocenters. The average Bonchev–Trinajstić information content (AvgIpc) is 2.93. The van der Waals surface area contributed by atoms with Gasteiger partial charge in [0.05, 0.1) is 11.7 Å². The number of carbonyl (C=O) groups is 2. The molecule has 0 unspecified atom stereocenters. The first-order valence-corrected chi connectivity index (χ1v) is 10.4. The van der Waals surface area contributed by atoms with E-state index in [0.717, 1.165) is 25.0 Å². The van der Waals surface area contributed by atoms with Crippen LogP contribution in [0, 0.1) is 5.92 Å². The van der Waals surface area contributed by atoms with Crippen molar-refractivity contribution in [1.82, 2.24) is 25.4 Å². The second kappa shape index (κ2) is 8.47. The largest absolute Gasteiger partial charge is 0.336 e. The summed E-state index contributed by atoms with van der Waals surface area (Å²) in [5.74, 6) is 0.400. The van der Waals surface area contributed by atoms with E-state index < -0.39 is 0 Å². The first kappa shape index (κ1) is 20.6. The third kappa shape index (κ3) is 4.29. The molecule has 2 saturated heterocycles. The molecule has 28 heavy (non-hydrogen) atoms. The Labute approximate surface area is 167 Å². The van der Waals surface area contributed by atoms with E-state index in [9.17, 15) is 9.59 Å². The molecule has 0 radical (unpaired) electrons. The second-order valence-electron chi connectivity index (χ2n) is 8.55. The highest BCUT2D eigenvalue weighted by Crippen LogP contribution is 2.34. The third-order valence-electron chi connectivity index (χ3n) is 5.75. The maximum Gasteiger partial charge on any atom is 0.317 e. The molecule has 1 spiro atoms. The Morgan fingerprint density at radius 1 is 1.29 bits per heavy atom. The predicted octanol–water partition coefficient (Wildman–Crippen LogP) is 1.99. The number of pyridine rings is 1. The van der Waals surface area contributed by atoms with Crippen LogP contribution >= 0.6 is 0 Å². The monoisotopic (exact) mass is 387 g/mol. The molecular weight excluding hydrogens is 354 g/mol. The highest BCUT2D eigenvalue weighted by molar-refractivity contribution is 5.85. The highest BCUT2D eigenvalue weighted by Gasteiger charge is 2.52.